The Morgan fingerprint density at radius 3 is 2.82 bits per heavy atom. The Morgan fingerprint density at radius 2 is 2.00 bits per heavy atom. The van der Waals surface area contributed by atoms with Gasteiger partial charge in [-0.1, -0.05) is 31.9 Å². The van der Waals surface area contributed by atoms with Crippen LogP contribution in [0.3, 0.4) is 0 Å². The zero-order chi connectivity index (χ0) is 15.6. The second-order valence-corrected chi connectivity index (χ2v) is 6.63. The molecule has 0 saturated heterocycles. The molecule has 0 unspecified atom stereocenters. The Bertz CT molecular complexity index is 750. The molecule has 1 heterocycles. The van der Waals surface area contributed by atoms with Gasteiger partial charge in [0.2, 0.25) is 0 Å². The van der Waals surface area contributed by atoms with Gasteiger partial charge in [0.15, 0.2) is 0 Å². The van der Waals surface area contributed by atoms with Crippen LogP contribution in [0.2, 0.25) is 0 Å². The molecular formula is C20H21NO. The molecule has 0 atom stereocenters. The summed E-state index contributed by atoms with van der Waals surface area (Å²) >= 11 is 0. The number of rotatable bonds is 1. The normalized spacial score (nSPS) is 15.4. The highest BCUT2D eigenvalue weighted by molar-refractivity contribution is 5.44. The molecule has 0 bridgehead atoms. The smallest absolute Gasteiger partial charge is 0.120 e. The molecule has 0 aliphatic heterocycles. The van der Waals surface area contributed by atoms with Crippen LogP contribution in [0.4, 0.5) is 0 Å². The van der Waals surface area contributed by atoms with Crippen LogP contribution in [-0.2, 0) is 12.8 Å². The van der Waals surface area contributed by atoms with Gasteiger partial charge in [-0.2, -0.15) is 0 Å². The van der Waals surface area contributed by atoms with Crippen LogP contribution in [0.25, 0.3) is 0 Å². The third kappa shape index (κ3) is 3.31. The Kier molecular flexibility index (Phi) is 3.90. The zero-order valence-electron chi connectivity index (χ0n) is 13.4. The number of methoxy groups -OCH3 is 1. The molecule has 1 aromatic heterocycles. The predicted molar refractivity (Wildman–Crippen MR) is 89.0 cm³/mol. The fourth-order valence-electron chi connectivity index (χ4n) is 2.87. The highest BCUT2D eigenvalue weighted by Gasteiger charge is 2.25. The van der Waals surface area contributed by atoms with E-state index in [4.69, 9.17) is 9.72 Å². The molecule has 1 aliphatic carbocycles. The van der Waals surface area contributed by atoms with Gasteiger partial charge < -0.3 is 4.74 Å². The van der Waals surface area contributed by atoms with Gasteiger partial charge in [-0.15, -0.1) is 0 Å². The van der Waals surface area contributed by atoms with E-state index in [1.807, 2.05) is 30.3 Å². The van der Waals surface area contributed by atoms with Gasteiger partial charge in [-0.05, 0) is 60.4 Å². The maximum absolute atomic E-state index is 5.22. The summed E-state index contributed by atoms with van der Waals surface area (Å²) in [7, 11) is 1.67. The molecule has 0 saturated carbocycles. The zero-order valence-corrected chi connectivity index (χ0v) is 13.4. The Labute approximate surface area is 132 Å². The molecule has 112 valence electrons. The van der Waals surface area contributed by atoms with Crippen molar-refractivity contribution in [3.8, 4) is 17.6 Å². The van der Waals surface area contributed by atoms with Crippen LogP contribution in [0, 0.1) is 17.3 Å². The van der Waals surface area contributed by atoms with Gasteiger partial charge in [0.1, 0.15) is 11.4 Å². The van der Waals surface area contributed by atoms with Crippen molar-refractivity contribution in [1.29, 1.82) is 0 Å². The Hall–Kier alpha value is -2.27. The van der Waals surface area contributed by atoms with Crippen LogP contribution in [0.15, 0.2) is 36.4 Å². The van der Waals surface area contributed by atoms with Crippen molar-refractivity contribution in [2.24, 2.45) is 5.41 Å². The minimum Gasteiger partial charge on any atom is -0.497 e. The fourth-order valence-corrected chi connectivity index (χ4v) is 2.87. The Balaban J connectivity index is 1.84. The minimum atomic E-state index is 0.391. The monoisotopic (exact) mass is 291 g/mol. The fraction of sp³-hybridized carbons (Fsp3) is 0.350. The second-order valence-electron chi connectivity index (χ2n) is 6.63. The molecule has 2 heteroatoms. The van der Waals surface area contributed by atoms with Crippen molar-refractivity contribution < 1.29 is 4.74 Å². The van der Waals surface area contributed by atoms with E-state index in [0.717, 1.165) is 29.8 Å². The summed E-state index contributed by atoms with van der Waals surface area (Å²) in [6, 6.07) is 12.0. The first-order valence-corrected chi connectivity index (χ1v) is 7.71. The van der Waals surface area contributed by atoms with Crippen LogP contribution in [0.5, 0.6) is 5.75 Å². The van der Waals surface area contributed by atoms with Crippen LogP contribution in [0.1, 0.15) is 42.8 Å². The Morgan fingerprint density at radius 1 is 1.14 bits per heavy atom. The summed E-state index contributed by atoms with van der Waals surface area (Å²) in [5.74, 6) is 7.16. The standard InChI is InChI=1S/C20H21NO/c1-20(2)12-11-19-16(14-20)8-10-17(21-19)9-7-15-5-4-6-18(13-15)22-3/h4-6,8,10,13H,11-12,14H2,1-3H3. The lowest BCUT2D eigenvalue weighted by Crippen LogP contribution is -2.23. The average Bonchev–Trinajstić information content (AvgIpc) is 2.52. The summed E-state index contributed by atoms with van der Waals surface area (Å²) in [5, 5.41) is 0. The summed E-state index contributed by atoms with van der Waals surface area (Å²) in [4.78, 5) is 4.73. The van der Waals surface area contributed by atoms with Crippen molar-refractivity contribution in [3.05, 3.63) is 58.9 Å². The highest BCUT2D eigenvalue weighted by atomic mass is 16.5. The number of fused-ring (bicyclic) bond motifs is 1. The van der Waals surface area contributed by atoms with E-state index < -0.39 is 0 Å². The van der Waals surface area contributed by atoms with Crippen molar-refractivity contribution in [1.82, 2.24) is 4.98 Å². The van der Waals surface area contributed by atoms with Crippen LogP contribution >= 0.6 is 0 Å². The van der Waals surface area contributed by atoms with Gasteiger partial charge in [0, 0.05) is 11.3 Å². The molecule has 2 aromatic rings. The van der Waals surface area contributed by atoms with Gasteiger partial charge in [0.25, 0.3) is 0 Å². The third-order valence-electron chi connectivity index (χ3n) is 4.18. The van der Waals surface area contributed by atoms with Gasteiger partial charge in [0.05, 0.1) is 7.11 Å². The van der Waals surface area contributed by atoms with E-state index in [2.05, 4.69) is 31.8 Å². The predicted octanol–water partition coefficient (Wildman–Crippen LogP) is 4.00. The molecular weight excluding hydrogens is 270 g/mol. The van der Waals surface area contributed by atoms with Crippen molar-refractivity contribution in [3.63, 3.8) is 0 Å². The number of aryl methyl sites for hydroxylation is 1. The first-order valence-electron chi connectivity index (χ1n) is 7.71. The van der Waals surface area contributed by atoms with Crippen molar-refractivity contribution in [2.75, 3.05) is 7.11 Å². The van der Waals surface area contributed by atoms with E-state index in [9.17, 15) is 0 Å². The van der Waals surface area contributed by atoms with E-state index in [-0.39, 0.29) is 0 Å². The van der Waals surface area contributed by atoms with Gasteiger partial charge in [-0.25, -0.2) is 4.98 Å². The molecule has 0 spiro atoms. The molecule has 22 heavy (non-hydrogen) atoms. The lowest BCUT2D eigenvalue weighted by Gasteiger charge is -2.30. The van der Waals surface area contributed by atoms with Crippen molar-refractivity contribution in [2.45, 2.75) is 33.1 Å². The van der Waals surface area contributed by atoms with Crippen LogP contribution < -0.4 is 4.74 Å². The van der Waals surface area contributed by atoms with Crippen molar-refractivity contribution >= 4 is 0 Å². The summed E-state index contributed by atoms with van der Waals surface area (Å²) in [5.41, 5.74) is 4.78. The number of aromatic nitrogens is 1. The second kappa shape index (κ2) is 5.85. The summed E-state index contributed by atoms with van der Waals surface area (Å²) in [6.07, 6.45) is 3.36. The lowest BCUT2D eigenvalue weighted by atomic mass is 9.76. The number of hydrogen-bond acceptors (Lipinski definition) is 2. The molecule has 2 nitrogen and oxygen atoms in total. The third-order valence-corrected chi connectivity index (χ3v) is 4.18. The average molecular weight is 291 g/mol. The molecule has 1 aliphatic rings. The number of benzene rings is 1. The largest absolute Gasteiger partial charge is 0.497 e. The molecule has 1 aromatic carbocycles. The quantitative estimate of drug-likeness (QED) is 0.741. The maximum atomic E-state index is 5.22. The van der Waals surface area contributed by atoms with Gasteiger partial charge >= 0.3 is 0 Å². The first kappa shape index (κ1) is 14.7. The minimum absolute atomic E-state index is 0.391. The number of hydrogen-bond donors (Lipinski definition) is 0. The topological polar surface area (TPSA) is 22.1 Å². The maximum Gasteiger partial charge on any atom is 0.120 e. The van der Waals surface area contributed by atoms with E-state index in [1.54, 1.807) is 7.11 Å². The lowest BCUT2D eigenvalue weighted by molar-refractivity contribution is 0.312. The molecule has 0 fully saturated rings. The summed E-state index contributed by atoms with van der Waals surface area (Å²) in [6.45, 7) is 4.65. The van der Waals surface area contributed by atoms with Gasteiger partial charge in [-0.3, -0.25) is 0 Å². The number of nitrogens with zero attached hydrogens (tertiary/aromatic N) is 1. The SMILES string of the molecule is COc1cccc(C#Cc2ccc3c(n2)CCC(C)(C)C3)c1. The molecule has 0 N–H and O–H groups in total. The van der Waals surface area contributed by atoms with E-state index in [1.165, 1.54) is 17.7 Å². The van der Waals surface area contributed by atoms with Crippen LogP contribution in [-0.4, -0.2) is 12.1 Å². The molecule has 3 rings (SSSR count). The number of pyridine rings is 1. The van der Waals surface area contributed by atoms with E-state index >= 15 is 0 Å². The highest BCUT2D eigenvalue weighted by Crippen LogP contribution is 2.33. The van der Waals surface area contributed by atoms with E-state index in [0.29, 0.717) is 5.41 Å². The summed E-state index contributed by atoms with van der Waals surface area (Å²) < 4.78 is 5.22. The number of ether oxygens (including phenoxy) is 1. The first-order chi connectivity index (χ1) is 10.6. The molecule has 0 amide bonds. The molecule has 0 radical (unpaired) electrons.